The Hall–Kier alpha value is -1.30. The number of carboxylic acid groups (broad SMARTS) is 1. The fourth-order valence-electron chi connectivity index (χ4n) is 2.03. The third-order valence-electron chi connectivity index (χ3n) is 3.04. The van der Waals surface area contributed by atoms with Gasteiger partial charge in [0, 0.05) is 40.2 Å². The van der Waals surface area contributed by atoms with Crippen molar-refractivity contribution < 1.29 is 19.4 Å². The summed E-state index contributed by atoms with van der Waals surface area (Å²) in [4.78, 5) is 25.5. The van der Waals surface area contributed by atoms with E-state index < -0.39 is 5.97 Å². The van der Waals surface area contributed by atoms with Crippen molar-refractivity contribution in [3.8, 4) is 0 Å². The summed E-state index contributed by atoms with van der Waals surface area (Å²) in [6.07, 6.45) is 2.77. The van der Waals surface area contributed by atoms with Gasteiger partial charge in [0.15, 0.2) is 0 Å². The number of urea groups is 1. The number of rotatable bonds is 6. The fourth-order valence-corrected chi connectivity index (χ4v) is 2.03. The minimum Gasteiger partial charge on any atom is -0.481 e. The summed E-state index contributed by atoms with van der Waals surface area (Å²) in [6, 6.07) is -0.0871. The van der Waals surface area contributed by atoms with Crippen LogP contribution in [0.4, 0.5) is 4.79 Å². The number of hydrogen-bond acceptors (Lipinski definition) is 3. The summed E-state index contributed by atoms with van der Waals surface area (Å²) in [5.41, 5.74) is 0. The molecule has 0 aliphatic carbocycles. The lowest BCUT2D eigenvalue weighted by Gasteiger charge is -2.26. The van der Waals surface area contributed by atoms with Gasteiger partial charge >= 0.3 is 12.0 Å². The van der Waals surface area contributed by atoms with E-state index >= 15 is 0 Å². The molecule has 2 amide bonds. The quantitative estimate of drug-likeness (QED) is 0.772. The molecule has 1 aliphatic rings. The number of carboxylic acids is 1. The molecule has 1 unspecified atom stereocenters. The normalized spacial score (nSPS) is 18.7. The molecular formula is C12H22N2O4. The Bertz CT molecular complexity index is 290. The smallest absolute Gasteiger partial charge is 0.319 e. The van der Waals surface area contributed by atoms with Gasteiger partial charge in [-0.3, -0.25) is 4.79 Å². The lowest BCUT2D eigenvalue weighted by atomic mass is 10.2. The van der Waals surface area contributed by atoms with Gasteiger partial charge in [-0.2, -0.15) is 0 Å². The maximum Gasteiger partial charge on any atom is 0.319 e. The highest BCUT2D eigenvalue weighted by Crippen LogP contribution is 2.13. The standard InChI is InChI=1S/C12H22N2O4/c1-13(7-3-6-11(15)16)12(17)14(2)9-10-5-4-8-18-10/h10H,3-9H2,1-2H3,(H,15,16). The minimum atomic E-state index is -0.830. The molecule has 0 bridgehead atoms. The molecule has 1 rings (SSSR count). The van der Waals surface area contributed by atoms with E-state index in [0.717, 1.165) is 19.4 Å². The van der Waals surface area contributed by atoms with Crippen molar-refractivity contribution in [1.82, 2.24) is 9.80 Å². The number of amides is 2. The van der Waals surface area contributed by atoms with Crippen LogP contribution in [0.3, 0.4) is 0 Å². The minimum absolute atomic E-state index is 0.0871. The number of hydrogen-bond donors (Lipinski definition) is 1. The Kier molecular flexibility index (Phi) is 5.91. The molecule has 0 aromatic heterocycles. The third kappa shape index (κ3) is 4.91. The second kappa shape index (κ2) is 7.20. The van der Waals surface area contributed by atoms with Crippen LogP contribution in [-0.4, -0.2) is 66.8 Å². The monoisotopic (exact) mass is 258 g/mol. The second-order valence-electron chi connectivity index (χ2n) is 4.72. The van der Waals surface area contributed by atoms with Crippen molar-refractivity contribution in [2.75, 3.05) is 33.8 Å². The number of carbonyl (C=O) groups excluding carboxylic acids is 1. The Morgan fingerprint density at radius 1 is 1.33 bits per heavy atom. The van der Waals surface area contributed by atoms with Gasteiger partial charge in [0.1, 0.15) is 0 Å². The van der Waals surface area contributed by atoms with E-state index in [9.17, 15) is 9.59 Å². The zero-order chi connectivity index (χ0) is 13.5. The average molecular weight is 258 g/mol. The first-order valence-corrected chi connectivity index (χ1v) is 6.30. The van der Waals surface area contributed by atoms with Gasteiger partial charge in [-0.05, 0) is 19.3 Å². The predicted molar refractivity (Wildman–Crippen MR) is 66.5 cm³/mol. The molecule has 6 heteroatoms. The summed E-state index contributed by atoms with van der Waals surface area (Å²) in [5, 5.41) is 8.53. The van der Waals surface area contributed by atoms with Crippen LogP contribution >= 0.6 is 0 Å². The van der Waals surface area contributed by atoms with Crippen LogP contribution in [0.15, 0.2) is 0 Å². The van der Waals surface area contributed by atoms with Gasteiger partial charge in [-0.25, -0.2) is 4.79 Å². The first-order valence-electron chi connectivity index (χ1n) is 6.30. The van der Waals surface area contributed by atoms with E-state index in [2.05, 4.69) is 0 Å². The van der Waals surface area contributed by atoms with Crippen molar-refractivity contribution in [1.29, 1.82) is 0 Å². The maximum atomic E-state index is 12.0. The van der Waals surface area contributed by atoms with Gasteiger partial charge in [0.25, 0.3) is 0 Å². The average Bonchev–Trinajstić information content (AvgIpc) is 2.80. The lowest BCUT2D eigenvalue weighted by Crippen LogP contribution is -2.42. The molecule has 0 spiro atoms. The first-order chi connectivity index (χ1) is 8.50. The molecule has 1 saturated heterocycles. The highest BCUT2D eigenvalue weighted by atomic mass is 16.5. The van der Waals surface area contributed by atoms with Gasteiger partial charge < -0.3 is 19.6 Å². The summed E-state index contributed by atoms with van der Waals surface area (Å²) >= 11 is 0. The third-order valence-corrected chi connectivity index (χ3v) is 3.04. The summed E-state index contributed by atoms with van der Waals surface area (Å²) < 4.78 is 5.48. The number of carbonyl (C=O) groups is 2. The van der Waals surface area contributed by atoms with Crippen LogP contribution in [0.25, 0.3) is 0 Å². The van der Waals surface area contributed by atoms with Gasteiger partial charge in [0.05, 0.1) is 6.10 Å². The van der Waals surface area contributed by atoms with Crippen LogP contribution in [0, 0.1) is 0 Å². The van der Waals surface area contributed by atoms with Crippen LogP contribution in [0.2, 0.25) is 0 Å². The molecular weight excluding hydrogens is 236 g/mol. The van der Waals surface area contributed by atoms with Crippen LogP contribution < -0.4 is 0 Å². The van der Waals surface area contributed by atoms with E-state index in [1.165, 1.54) is 0 Å². The van der Waals surface area contributed by atoms with Gasteiger partial charge in [-0.1, -0.05) is 0 Å². The zero-order valence-corrected chi connectivity index (χ0v) is 11.1. The molecule has 104 valence electrons. The SMILES string of the molecule is CN(CCCC(=O)O)C(=O)N(C)CC1CCCO1. The summed E-state index contributed by atoms with van der Waals surface area (Å²) in [6.45, 7) is 1.84. The largest absolute Gasteiger partial charge is 0.481 e. The molecule has 1 atom stereocenters. The Morgan fingerprint density at radius 3 is 2.61 bits per heavy atom. The van der Waals surface area contributed by atoms with Crippen LogP contribution in [-0.2, 0) is 9.53 Å². The topological polar surface area (TPSA) is 70.1 Å². The molecule has 1 heterocycles. The molecule has 0 aromatic rings. The molecule has 1 aliphatic heterocycles. The number of nitrogens with zero attached hydrogens (tertiary/aromatic N) is 2. The summed E-state index contributed by atoms with van der Waals surface area (Å²) in [7, 11) is 3.44. The predicted octanol–water partition coefficient (Wildman–Crippen LogP) is 1.01. The second-order valence-corrected chi connectivity index (χ2v) is 4.72. The van der Waals surface area contributed by atoms with Crippen molar-refractivity contribution in [2.45, 2.75) is 31.8 Å². The number of aliphatic carboxylic acids is 1. The number of ether oxygens (including phenoxy) is 1. The number of likely N-dealkylation sites (N-methyl/N-ethyl adjacent to an activating group) is 1. The van der Waals surface area contributed by atoms with E-state index in [1.807, 2.05) is 0 Å². The van der Waals surface area contributed by atoms with E-state index in [1.54, 1.807) is 23.9 Å². The molecule has 0 aromatic carbocycles. The van der Waals surface area contributed by atoms with Crippen LogP contribution in [0.5, 0.6) is 0 Å². The first kappa shape index (κ1) is 14.8. The molecule has 0 radical (unpaired) electrons. The molecule has 0 saturated carbocycles. The van der Waals surface area contributed by atoms with Crippen molar-refractivity contribution >= 4 is 12.0 Å². The van der Waals surface area contributed by atoms with Crippen molar-refractivity contribution in [2.24, 2.45) is 0 Å². The fraction of sp³-hybridized carbons (Fsp3) is 0.833. The van der Waals surface area contributed by atoms with Crippen molar-refractivity contribution in [3.63, 3.8) is 0 Å². The Balaban J connectivity index is 2.25. The summed E-state index contributed by atoms with van der Waals surface area (Å²) in [5.74, 6) is -0.830. The Labute approximate surface area is 107 Å². The van der Waals surface area contributed by atoms with Crippen LogP contribution in [0.1, 0.15) is 25.7 Å². The van der Waals surface area contributed by atoms with E-state index in [4.69, 9.17) is 9.84 Å². The Morgan fingerprint density at radius 2 is 2.06 bits per heavy atom. The molecule has 18 heavy (non-hydrogen) atoms. The zero-order valence-electron chi connectivity index (χ0n) is 11.1. The molecule has 6 nitrogen and oxygen atoms in total. The van der Waals surface area contributed by atoms with Crippen molar-refractivity contribution in [3.05, 3.63) is 0 Å². The maximum absolute atomic E-state index is 12.0. The highest BCUT2D eigenvalue weighted by molar-refractivity contribution is 5.74. The highest BCUT2D eigenvalue weighted by Gasteiger charge is 2.21. The van der Waals surface area contributed by atoms with E-state index in [0.29, 0.717) is 19.5 Å². The van der Waals surface area contributed by atoms with E-state index in [-0.39, 0.29) is 18.6 Å². The van der Waals surface area contributed by atoms with Gasteiger partial charge in [-0.15, -0.1) is 0 Å². The van der Waals surface area contributed by atoms with Gasteiger partial charge in [0.2, 0.25) is 0 Å². The lowest BCUT2D eigenvalue weighted by molar-refractivity contribution is -0.137. The molecule has 1 fully saturated rings. The molecule has 1 N–H and O–H groups in total.